The van der Waals surface area contributed by atoms with Gasteiger partial charge in [0.25, 0.3) is 0 Å². The number of carbonyl (C=O) groups excluding carboxylic acids is 2. The van der Waals surface area contributed by atoms with E-state index in [4.69, 9.17) is 9.47 Å². The zero-order chi connectivity index (χ0) is 18.9. The van der Waals surface area contributed by atoms with E-state index in [0.717, 1.165) is 57.8 Å². The molecule has 0 aromatic carbocycles. The second kappa shape index (κ2) is 16.2. The number of unbranched alkanes of at least 4 members (excludes halogenated alkanes) is 5. The van der Waals surface area contributed by atoms with Gasteiger partial charge in [0, 0.05) is 11.1 Å². The van der Waals surface area contributed by atoms with E-state index in [1.54, 1.807) is 0 Å². The molecule has 0 aromatic heterocycles. The van der Waals surface area contributed by atoms with Crippen molar-refractivity contribution in [2.24, 2.45) is 0 Å². The standard InChI is InChI=1S/C21H38O4/c1-5-9-12-13-15-19(21(23)25-17-11-7-3)18(14-8-4)20(22)24-16-10-6-2/h5-17H2,1-4H3. The number of hydrogen-bond acceptors (Lipinski definition) is 4. The maximum absolute atomic E-state index is 12.5. The maximum atomic E-state index is 12.5. The first-order valence-corrected chi connectivity index (χ1v) is 10.2. The summed E-state index contributed by atoms with van der Waals surface area (Å²) in [5.74, 6) is -0.672. The van der Waals surface area contributed by atoms with E-state index in [2.05, 4.69) is 20.8 Å². The number of hydrogen-bond donors (Lipinski definition) is 0. The fourth-order valence-corrected chi connectivity index (χ4v) is 2.52. The highest BCUT2D eigenvalue weighted by molar-refractivity contribution is 6.00. The fraction of sp³-hybridized carbons (Fsp3) is 0.810. The Morgan fingerprint density at radius 2 is 1.04 bits per heavy atom. The third-order valence-corrected chi connectivity index (χ3v) is 4.10. The van der Waals surface area contributed by atoms with Crippen molar-refractivity contribution in [1.82, 2.24) is 0 Å². The maximum Gasteiger partial charge on any atom is 0.334 e. The van der Waals surface area contributed by atoms with Gasteiger partial charge < -0.3 is 9.47 Å². The van der Waals surface area contributed by atoms with Crippen LogP contribution < -0.4 is 0 Å². The number of ether oxygens (including phenoxy) is 2. The van der Waals surface area contributed by atoms with Crippen LogP contribution in [-0.2, 0) is 19.1 Å². The van der Waals surface area contributed by atoms with Crippen LogP contribution in [0.1, 0.15) is 98.3 Å². The molecular weight excluding hydrogens is 316 g/mol. The summed E-state index contributed by atoms with van der Waals surface area (Å²) in [5.41, 5.74) is 1.06. The molecule has 0 rings (SSSR count). The Balaban J connectivity index is 5.18. The Kier molecular flexibility index (Phi) is 15.3. The molecule has 0 spiro atoms. The lowest BCUT2D eigenvalue weighted by Gasteiger charge is -2.14. The molecule has 0 amide bonds. The quantitative estimate of drug-likeness (QED) is 0.214. The minimum absolute atomic E-state index is 0.333. The van der Waals surface area contributed by atoms with E-state index >= 15 is 0 Å². The van der Waals surface area contributed by atoms with Crippen LogP contribution in [0.25, 0.3) is 0 Å². The largest absolute Gasteiger partial charge is 0.462 e. The molecule has 0 atom stereocenters. The van der Waals surface area contributed by atoms with E-state index in [0.29, 0.717) is 37.2 Å². The SMILES string of the molecule is CCCCCCC(C(=O)OCCCC)=C(CCC)C(=O)OCCCC. The zero-order valence-corrected chi connectivity index (χ0v) is 16.8. The molecule has 0 saturated heterocycles. The Morgan fingerprint density at radius 1 is 0.560 bits per heavy atom. The highest BCUT2D eigenvalue weighted by Crippen LogP contribution is 2.21. The van der Waals surface area contributed by atoms with Gasteiger partial charge >= 0.3 is 11.9 Å². The van der Waals surface area contributed by atoms with Gasteiger partial charge in [-0.05, 0) is 32.1 Å². The molecule has 0 aromatic rings. The molecular formula is C21H38O4. The van der Waals surface area contributed by atoms with Gasteiger partial charge in [-0.1, -0.05) is 66.2 Å². The summed E-state index contributed by atoms with van der Waals surface area (Å²) >= 11 is 0. The molecule has 0 heterocycles. The first-order chi connectivity index (χ1) is 12.1. The highest BCUT2D eigenvalue weighted by atomic mass is 16.5. The lowest BCUT2D eigenvalue weighted by molar-refractivity contribution is -0.142. The summed E-state index contributed by atoms with van der Waals surface area (Å²) in [6.45, 7) is 9.11. The molecule has 4 nitrogen and oxygen atoms in total. The van der Waals surface area contributed by atoms with Crippen LogP contribution >= 0.6 is 0 Å². The minimum atomic E-state index is -0.340. The van der Waals surface area contributed by atoms with E-state index in [9.17, 15) is 9.59 Å². The predicted molar refractivity (Wildman–Crippen MR) is 102 cm³/mol. The van der Waals surface area contributed by atoms with Crippen LogP contribution in [0.15, 0.2) is 11.1 Å². The van der Waals surface area contributed by atoms with Crippen molar-refractivity contribution in [1.29, 1.82) is 0 Å². The van der Waals surface area contributed by atoms with Gasteiger partial charge in [0.2, 0.25) is 0 Å². The van der Waals surface area contributed by atoms with Gasteiger partial charge in [-0.2, -0.15) is 0 Å². The van der Waals surface area contributed by atoms with Crippen molar-refractivity contribution in [3.63, 3.8) is 0 Å². The van der Waals surface area contributed by atoms with E-state index in [-0.39, 0.29) is 11.9 Å². The second-order valence-corrected chi connectivity index (χ2v) is 6.50. The second-order valence-electron chi connectivity index (χ2n) is 6.50. The normalized spacial score (nSPS) is 11.8. The van der Waals surface area contributed by atoms with Crippen molar-refractivity contribution in [3.8, 4) is 0 Å². The van der Waals surface area contributed by atoms with Crippen molar-refractivity contribution in [3.05, 3.63) is 11.1 Å². The molecule has 4 heteroatoms. The van der Waals surface area contributed by atoms with Gasteiger partial charge in [0.15, 0.2) is 0 Å². The summed E-state index contributed by atoms with van der Waals surface area (Å²) in [5, 5.41) is 0. The van der Waals surface area contributed by atoms with Gasteiger partial charge in [-0.15, -0.1) is 0 Å². The van der Waals surface area contributed by atoms with E-state index in [1.165, 1.54) is 0 Å². The minimum Gasteiger partial charge on any atom is -0.462 e. The third kappa shape index (κ3) is 11.0. The predicted octanol–water partition coefficient (Wildman–Crippen LogP) is 5.74. The molecule has 0 aliphatic carbocycles. The summed E-state index contributed by atoms with van der Waals surface area (Å²) in [4.78, 5) is 25.0. The summed E-state index contributed by atoms with van der Waals surface area (Å²) in [6, 6.07) is 0. The Hall–Kier alpha value is -1.32. The zero-order valence-electron chi connectivity index (χ0n) is 16.8. The fourth-order valence-electron chi connectivity index (χ4n) is 2.52. The summed E-state index contributed by atoms with van der Waals surface area (Å²) in [6.07, 6.45) is 9.86. The molecule has 0 aliphatic heterocycles. The van der Waals surface area contributed by atoms with Gasteiger partial charge in [0.05, 0.1) is 13.2 Å². The molecule has 0 bridgehead atoms. The number of esters is 2. The molecule has 0 aliphatic rings. The van der Waals surface area contributed by atoms with Crippen LogP contribution in [0.2, 0.25) is 0 Å². The lowest BCUT2D eigenvalue weighted by Crippen LogP contribution is -2.18. The van der Waals surface area contributed by atoms with Crippen molar-refractivity contribution < 1.29 is 19.1 Å². The molecule has 0 N–H and O–H groups in total. The van der Waals surface area contributed by atoms with Crippen LogP contribution in [0.3, 0.4) is 0 Å². The Labute approximate surface area is 154 Å². The van der Waals surface area contributed by atoms with Gasteiger partial charge in [-0.3, -0.25) is 0 Å². The average molecular weight is 355 g/mol. The Morgan fingerprint density at radius 3 is 1.48 bits per heavy atom. The monoisotopic (exact) mass is 354 g/mol. The molecule has 0 radical (unpaired) electrons. The van der Waals surface area contributed by atoms with E-state index < -0.39 is 0 Å². The molecule has 0 saturated carbocycles. The summed E-state index contributed by atoms with van der Waals surface area (Å²) < 4.78 is 10.8. The van der Waals surface area contributed by atoms with Gasteiger partial charge in [0.1, 0.15) is 0 Å². The molecule has 146 valence electrons. The average Bonchev–Trinajstić information content (AvgIpc) is 2.60. The van der Waals surface area contributed by atoms with Crippen LogP contribution in [-0.4, -0.2) is 25.2 Å². The van der Waals surface area contributed by atoms with Gasteiger partial charge in [-0.25, -0.2) is 9.59 Å². The Bertz CT molecular complexity index is 399. The van der Waals surface area contributed by atoms with Crippen LogP contribution in [0.4, 0.5) is 0 Å². The van der Waals surface area contributed by atoms with Crippen molar-refractivity contribution in [2.45, 2.75) is 98.3 Å². The van der Waals surface area contributed by atoms with Crippen LogP contribution in [0.5, 0.6) is 0 Å². The topological polar surface area (TPSA) is 52.6 Å². The molecule has 0 fully saturated rings. The van der Waals surface area contributed by atoms with Crippen LogP contribution in [0, 0.1) is 0 Å². The lowest BCUT2D eigenvalue weighted by atomic mass is 9.98. The van der Waals surface area contributed by atoms with E-state index in [1.807, 2.05) is 6.92 Å². The smallest absolute Gasteiger partial charge is 0.334 e. The first-order valence-electron chi connectivity index (χ1n) is 10.2. The molecule has 25 heavy (non-hydrogen) atoms. The summed E-state index contributed by atoms with van der Waals surface area (Å²) in [7, 11) is 0. The van der Waals surface area contributed by atoms with Crippen molar-refractivity contribution in [2.75, 3.05) is 13.2 Å². The van der Waals surface area contributed by atoms with Crippen molar-refractivity contribution >= 4 is 11.9 Å². The number of rotatable bonds is 15. The third-order valence-electron chi connectivity index (χ3n) is 4.10. The molecule has 0 unspecified atom stereocenters. The first kappa shape index (κ1) is 23.7. The number of carbonyl (C=O) groups is 2. The highest BCUT2D eigenvalue weighted by Gasteiger charge is 2.22.